The molecule has 3 rings (SSSR count). The molecule has 0 radical (unpaired) electrons. The molecule has 1 amide bonds. The van der Waals surface area contributed by atoms with Gasteiger partial charge in [-0.25, -0.2) is 4.98 Å². The van der Waals surface area contributed by atoms with Gasteiger partial charge in [0.2, 0.25) is 5.91 Å². The zero-order valence-corrected chi connectivity index (χ0v) is 17.2. The highest BCUT2D eigenvalue weighted by atomic mass is 32.1. The van der Waals surface area contributed by atoms with E-state index in [9.17, 15) is 4.79 Å². The molecule has 0 saturated carbocycles. The van der Waals surface area contributed by atoms with Crippen molar-refractivity contribution in [2.45, 2.75) is 26.2 Å². The van der Waals surface area contributed by atoms with Crippen molar-refractivity contribution in [3.05, 3.63) is 35.3 Å². The standard InChI is InChI=1S/C20H27N3O3S/c1-20(2,3)17-14-27-19(21-17)23(15-5-7-16(25-4)8-6-15)13-18(24)22-9-11-26-12-10-22/h5-8,14H,9-13H2,1-4H3. The number of aromatic nitrogens is 1. The molecular weight excluding hydrogens is 362 g/mol. The van der Waals surface area contributed by atoms with Gasteiger partial charge in [-0.2, -0.15) is 0 Å². The summed E-state index contributed by atoms with van der Waals surface area (Å²) in [6.45, 7) is 9.15. The van der Waals surface area contributed by atoms with Crippen molar-refractivity contribution in [1.82, 2.24) is 9.88 Å². The van der Waals surface area contributed by atoms with Crippen LogP contribution in [0.2, 0.25) is 0 Å². The minimum absolute atomic E-state index is 0.0332. The van der Waals surface area contributed by atoms with Crippen LogP contribution >= 0.6 is 11.3 Å². The van der Waals surface area contributed by atoms with Crippen LogP contribution < -0.4 is 9.64 Å². The van der Waals surface area contributed by atoms with Crippen LogP contribution in [0.4, 0.5) is 10.8 Å². The first-order chi connectivity index (χ1) is 12.9. The number of benzene rings is 1. The predicted molar refractivity (Wildman–Crippen MR) is 108 cm³/mol. The van der Waals surface area contributed by atoms with Crippen LogP contribution in [0.15, 0.2) is 29.6 Å². The molecule has 7 heteroatoms. The Morgan fingerprint density at radius 1 is 1.26 bits per heavy atom. The van der Waals surface area contributed by atoms with E-state index in [1.165, 1.54) is 0 Å². The maximum Gasteiger partial charge on any atom is 0.242 e. The van der Waals surface area contributed by atoms with E-state index in [1.807, 2.05) is 34.1 Å². The van der Waals surface area contributed by atoms with Gasteiger partial charge in [-0.05, 0) is 24.3 Å². The van der Waals surface area contributed by atoms with Crippen molar-refractivity contribution in [3.63, 3.8) is 0 Å². The Hall–Kier alpha value is -2.12. The molecule has 0 aliphatic carbocycles. The highest BCUT2D eigenvalue weighted by molar-refractivity contribution is 7.13. The van der Waals surface area contributed by atoms with Gasteiger partial charge in [0.25, 0.3) is 0 Å². The molecule has 2 heterocycles. The maximum atomic E-state index is 12.9. The van der Waals surface area contributed by atoms with Crippen molar-refractivity contribution >= 4 is 28.1 Å². The second kappa shape index (κ2) is 8.27. The third-order valence-corrected chi connectivity index (χ3v) is 5.40. The highest BCUT2D eigenvalue weighted by Gasteiger charge is 2.25. The Kier molecular flexibility index (Phi) is 6.01. The summed E-state index contributed by atoms with van der Waals surface area (Å²) in [6.07, 6.45) is 0. The van der Waals surface area contributed by atoms with E-state index in [0.29, 0.717) is 26.3 Å². The summed E-state index contributed by atoms with van der Waals surface area (Å²) < 4.78 is 10.6. The minimum atomic E-state index is -0.0332. The molecular formula is C20H27N3O3S. The summed E-state index contributed by atoms with van der Waals surface area (Å²) >= 11 is 1.57. The van der Waals surface area contributed by atoms with Gasteiger partial charge in [-0.3, -0.25) is 4.79 Å². The zero-order valence-electron chi connectivity index (χ0n) is 16.4. The number of thiazole rings is 1. The lowest BCUT2D eigenvalue weighted by Gasteiger charge is -2.30. The van der Waals surface area contributed by atoms with E-state index < -0.39 is 0 Å². The van der Waals surface area contributed by atoms with E-state index >= 15 is 0 Å². The normalized spacial score (nSPS) is 14.9. The lowest BCUT2D eigenvalue weighted by Crippen LogP contribution is -2.45. The number of amides is 1. The lowest BCUT2D eigenvalue weighted by molar-refractivity contribution is -0.133. The monoisotopic (exact) mass is 389 g/mol. The van der Waals surface area contributed by atoms with Gasteiger partial charge in [0.05, 0.1) is 26.0 Å². The summed E-state index contributed by atoms with van der Waals surface area (Å²) in [5, 5.41) is 2.90. The van der Waals surface area contributed by atoms with E-state index in [-0.39, 0.29) is 17.9 Å². The van der Waals surface area contributed by atoms with Crippen LogP contribution in [-0.2, 0) is 14.9 Å². The molecule has 0 atom stereocenters. The predicted octanol–water partition coefficient (Wildman–Crippen LogP) is 3.45. The van der Waals surface area contributed by atoms with Gasteiger partial charge in [-0.15, -0.1) is 11.3 Å². The molecule has 6 nitrogen and oxygen atoms in total. The van der Waals surface area contributed by atoms with Crippen molar-refractivity contribution in [1.29, 1.82) is 0 Å². The number of carbonyl (C=O) groups is 1. The second-order valence-corrected chi connectivity index (χ2v) is 8.38. The van der Waals surface area contributed by atoms with Crippen molar-refractivity contribution in [3.8, 4) is 5.75 Å². The number of hydrogen-bond donors (Lipinski definition) is 0. The molecule has 1 fully saturated rings. The molecule has 1 aliphatic rings. The first-order valence-corrected chi connectivity index (χ1v) is 9.99. The third-order valence-electron chi connectivity index (χ3n) is 4.53. The summed E-state index contributed by atoms with van der Waals surface area (Å²) in [6, 6.07) is 7.73. The van der Waals surface area contributed by atoms with Crippen LogP contribution in [-0.4, -0.2) is 55.7 Å². The Bertz CT molecular complexity index is 762. The number of hydrogen-bond acceptors (Lipinski definition) is 6. The van der Waals surface area contributed by atoms with E-state index in [4.69, 9.17) is 14.5 Å². The topological polar surface area (TPSA) is 54.9 Å². The van der Waals surface area contributed by atoms with Crippen LogP contribution in [0.1, 0.15) is 26.5 Å². The molecule has 0 unspecified atom stereocenters. The van der Waals surface area contributed by atoms with E-state index in [2.05, 4.69) is 26.2 Å². The van der Waals surface area contributed by atoms with Crippen LogP contribution in [0.5, 0.6) is 5.75 Å². The average molecular weight is 390 g/mol. The smallest absolute Gasteiger partial charge is 0.242 e. The Labute approximate surface area is 164 Å². The quantitative estimate of drug-likeness (QED) is 0.784. The number of rotatable bonds is 5. The third kappa shape index (κ3) is 4.78. The van der Waals surface area contributed by atoms with Gasteiger partial charge in [0.15, 0.2) is 5.13 Å². The van der Waals surface area contributed by atoms with Gasteiger partial charge in [-0.1, -0.05) is 20.8 Å². The van der Waals surface area contributed by atoms with E-state index in [1.54, 1.807) is 18.4 Å². The number of carbonyl (C=O) groups excluding carboxylic acids is 1. The lowest BCUT2D eigenvalue weighted by atomic mass is 9.93. The number of morpholine rings is 1. The molecule has 1 saturated heterocycles. The van der Waals surface area contributed by atoms with E-state index in [0.717, 1.165) is 22.3 Å². The van der Waals surface area contributed by atoms with Crippen molar-refractivity contribution in [2.24, 2.45) is 0 Å². The fourth-order valence-electron chi connectivity index (χ4n) is 2.81. The fraction of sp³-hybridized carbons (Fsp3) is 0.500. The number of ether oxygens (including phenoxy) is 2. The Morgan fingerprint density at radius 3 is 2.48 bits per heavy atom. The van der Waals surface area contributed by atoms with Gasteiger partial charge >= 0.3 is 0 Å². The van der Waals surface area contributed by atoms with Crippen molar-refractivity contribution in [2.75, 3.05) is 44.9 Å². The largest absolute Gasteiger partial charge is 0.497 e. The van der Waals surface area contributed by atoms with Gasteiger partial charge < -0.3 is 19.3 Å². The second-order valence-electron chi connectivity index (χ2n) is 7.54. The highest BCUT2D eigenvalue weighted by Crippen LogP contribution is 2.33. The zero-order chi connectivity index (χ0) is 19.4. The Morgan fingerprint density at radius 2 is 1.93 bits per heavy atom. The SMILES string of the molecule is COc1ccc(N(CC(=O)N2CCOCC2)c2nc(C(C)(C)C)cs2)cc1. The molecule has 1 aromatic heterocycles. The minimum Gasteiger partial charge on any atom is -0.497 e. The number of anilines is 2. The van der Waals surface area contributed by atoms with Crippen LogP contribution in [0.25, 0.3) is 0 Å². The van der Waals surface area contributed by atoms with Crippen LogP contribution in [0.3, 0.4) is 0 Å². The molecule has 1 aromatic carbocycles. The number of nitrogens with zero attached hydrogens (tertiary/aromatic N) is 3. The first kappa shape index (κ1) is 19.6. The molecule has 146 valence electrons. The molecule has 0 bridgehead atoms. The van der Waals surface area contributed by atoms with Crippen molar-refractivity contribution < 1.29 is 14.3 Å². The maximum absolute atomic E-state index is 12.9. The number of methoxy groups -OCH3 is 1. The summed E-state index contributed by atoms with van der Waals surface area (Å²) in [5.74, 6) is 0.870. The molecule has 1 aliphatic heterocycles. The molecule has 2 aromatic rings. The summed E-state index contributed by atoms with van der Waals surface area (Å²) in [4.78, 5) is 21.5. The summed E-state index contributed by atoms with van der Waals surface area (Å²) in [5.41, 5.74) is 1.92. The van der Waals surface area contributed by atoms with Gasteiger partial charge in [0.1, 0.15) is 12.3 Å². The van der Waals surface area contributed by atoms with Gasteiger partial charge in [0, 0.05) is 29.6 Å². The molecule has 0 N–H and O–H groups in total. The summed E-state index contributed by atoms with van der Waals surface area (Å²) in [7, 11) is 1.64. The Balaban J connectivity index is 1.88. The van der Waals surface area contributed by atoms with Crippen LogP contribution in [0, 0.1) is 0 Å². The average Bonchev–Trinajstić information content (AvgIpc) is 3.17. The first-order valence-electron chi connectivity index (χ1n) is 9.11. The molecule has 27 heavy (non-hydrogen) atoms. The fourth-order valence-corrected chi connectivity index (χ4v) is 3.88. The molecule has 0 spiro atoms.